The second-order valence-corrected chi connectivity index (χ2v) is 3.93. The summed E-state index contributed by atoms with van der Waals surface area (Å²) in [4.78, 5) is 10.3. The maximum atomic E-state index is 10.4. The monoisotopic (exact) mass is 209 g/mol. The minimum Gasteiger partial charge on any atom is -0.480 e. The fourth-order valence-electron chi connectivity index (χ4n) is 1.97. The van der Waals surface area contributed by atoms with Crippen LogP contribution in [-0.4, -0.2) is 47.2 Å². The number of β-amino-alcohol motifs (C(OH)–C–C–N with tert-alkyl or cyclic N) is 1. The lowest BCUT2D eigenvalue weighted by molar-refractivity contribution is 0.0410. The summed E-state index contributed by atoms with van der Waals surface area (Å²) in [5, 5.41) is 10.4. The zero-order valence-electron chi connectivity index (χ0n) is 8.97. The Morgan fingerprint density at radius 2 is 2.20 bits per heavy atom. The molecule has 1 aromatic rings. The van der Waals surface area contributed by atoms with Crippen LogP contribution >= 0.6 is 0 Å². The molecule has 82 valence electrons. The molecule has 1 aromatic heterocycles. The Morgan fingerprint density at radius 3 is 2.80 bits per heavy atom. The van der Waals surface area contributed by atoms with E-state index in [1.54, 1.807) is 12.4 Å². The van der Waals surface area contributed by atoms with Crippen molar-refractivity contribution in [1.82, 2.24) is 14.9 Å². The number of rotatable bonds is 2. The summed E-state index contributed by atoms with van der Waals surface area (Å²) in [6.45, 7) is 1.43. The molecule has 1 atom stereocenters. The second-order valence-electron chi connectivity index (χ2n) is 3.93. The average Bonchev–Trinajstić information content (AvgIpc) is 2.60. The fraction of sp³-hybridized carbons (Fsp3) is 0.600. The Hall–Kier alpha value is -1.20. The van der Waals surface area contributed by atoms with Gasteiger partial charge in [0.05, 0.1) is 7.11 Å². The molecule has 0 aromatic carbocycles. The van der Waals surface area contributed by atoms with Crippen LogP contribution in [0.3, 0.4) is 0 Å². The highest BCUT2D eigenvalue weighted by Gasteiger charge is 2.40. The van der Waals surface area contributed by atoms with Crippen LogP contribution in [0.4, 0.5) is 0 Å². The van der Waals surface area contributed by atoms with E-state index in [-0.39, 0.29) is 0 Å². The Bertz CT molecular complexity index is 358. The summed E-state index contributed by atoms with van der Waals surface area (Å²) in [5.74, 6) is 0.412. The fourth-order valence-corrected chi connectivity index (χ4v) is 1.97. The van der Waals surface area contributed by atoms with Gasteiger partial charge in [-0.1, -0.05) is 0 Å². The van der Waals surface area contributed by atoms with Gasteiger partial charge >= 0.3 is 0 Å². The summed E-state index contributed by atoms with van der Waals surface area (Å²) in [6, 6.07) is 0. The van der Waals surface area contributed by atoms with Gasteiger partial charge in [-0.05, 0) is 13.5 Å². The van der Waals surface area contributed by atoms with E-state index in [4.69, 9.17) is 4.74 Å². The molecule has 15 heavy (non-hydrogen) atoms. The van der Waals surface area contributed by atoms with Gasteiger partial charge in [0.25, 0.3) is 0 Å². The zero-order valence-corrected chi connectivity index (χ0v) is 8.97. The molecular formula is C10H15N3O2. The van der Waals surface area contributed by atoms with Gasteiger partial charge in [-0.15, -0.1) is 0 Å². The zero-order chi connectivity index (χ0) is 10.9. The number of hydrogen-bond donors (Lipinski definition) is 1. The van der Waals surface area contributed by atoms with Crippen LogP contribution in [0.15, 0.2) is 12.4 Å². The van der Waals surface area contributed by atoms with E-state index >= 15 is 0 Å². The van der Waals surface area contributed by atoms with Gasteiger partial charge in [-0.3, -0.25) is 4.98 Å². The first kappa shape index (κ1) is 10.3. The largest absolute Gasteiger partial charge is 0.480 e. The van der Waals surface area contributed by atoms with E-state index in [1.165, 1.54) is 7.11 Å². The van der Waals surface area contributed by atoms with Gasteiger partial charge in [0, 0.05) is 25.5 Å². The maximum Gasteiger partial charge on any atom is 0.238 e. The topological polar surface area (TPSA) is 58.5 Å². The summed E-state index contributed by atoms with van der Waals surface area (Å²) < 4.78 is 5.11. The number of hydrogen-bond acceptors (Lipinski definition) is 5. The van der Waals surface area contributed by atoms with E-state index < -0.39 is 5.60 Å². The standard InChI is InChI=1S/C10H15N3O2/c1-13-6-3-10(14,7-13)8-9(15-2)12-5-4-11-8/h4-5,14H,3,6-7H2,1-2H3. The second kappa shape index (κ2) is 3.75. The van der Waals surface area contributed by atoms with Crippen molar-refractivity contribution in [2.75, 3.05) is 27.2 Å². The number of likely N-dealkylation sites (tertiary alicyclic amines) is 1. The molecule has 1 unspecified atom stereocenters. The lowest BCUT2D eigenvalue weighted by Gasteiger charge is -2.22. The molecule has 1 fully saturated rings. The van der Waals surface area contributed by atoms with Crippen LogP contribution in [0.5, 0.6) is 5.88 Å². The van der Waals surface area contributed by atoms with Crippen LogP contribution in [-0.2, 0) is 5.60 Å². The molecule has 2 rings (SSSR count). The lowest BCUT2D eigenvalue weighted by Crippen LogP contribution is -2.31. The van der Waals surface area contributed by atoms with E-state index in [1.807, 2.05) is 7.05 Å². The van der Waals surface area contributed by atoms with Crippen LogP contribution in [0, 0.1) is 0 Å². The normalized spacial score (nSPS) is 26.9. The summed E-state index contributed by atoms with van der Waals surface area (Å²) in [6.07, 6.45) is 3.80. The van der Waals surface area contributed by atoms with E-state index in [0.29, 0.717) is 24.5 Å². The van der Waals surface area contributed by atoms with Crippen LogP contribution in [0.2, 0.25) is 0 Å². The van der Waals surface area contributed by atoms with E-state index in [2.05, 4.69) is 14.9 Å². The highest BCUT2D eigenvalue weighted by atomic mass is 16.5. The molecule has 0 spiro atoms. The molecule has 0 radical (unpaired) electrons. The molecule has 0 bridgehead atoms. The molecule has 0 aliphatic carbocycles. The minimum absolute atomic E-state index is 0.412. The third-order valence-corrected chi connectivity index (χ3v) is 2.74. The average molecular weight is 209 g/mol. The van der Waals surface area contributed by atoms with Crippen LogP contribution in [0.1, 0.15) is 12.1 Å². The van der Waals surface area contributed by atoms with Gasteiger partial charge in [-0.25, -0.2) is 4.98 Å². The molecule has 5 nitrogen and oxygen atoms in total. The summed E-state index contributed by atoms with van der Waals surface area (Å²) in [7, 11) is 3.51. The number of ether oxygens (including phenoxy) is 1. The Balaban J connectivity index is 2.36. The van der Waals surface area contributed by atoms with Crippen molar-refractivity contribution in [3.05, 3.63) is 18.1 Å². The first-order valence-corrected chi connectivity index (χ1v) is 4.92. The van der Waals surface area contributed by atoms with Crippen molar-refractivity contribution in [3.63, 3.8) is 0 Å². The molecule has 1 saturated heterocycles. The Kier molecular flexibility index (Phi) is 2.58. The number of methoxy groups -OCH3 is 1. The van der Waals surface area contributed by atoms with Gasteiger partial charge < -0.3 is 14.7 Å². The number of nitrogens with zero attached hydrogens (tertiary/aromatic N) is 3. The molecule has 2 heterocycles. The van der Waals surface area contributed by atoms with Gasteiger partial charge in [0.15, 0.2) is 0 Å². The van der Waals surface area contributed by atoms with Crippen LogP contribution in [0.25, 0.3) is 0 Å². The van der Waals surface area contributed by atoms with Gasteiger partial charge in [0.2, 0.25) is 5.88 Å². The predicted octanol–water partition coefficient (Wildman–Crippen LogP) is 0.00830. The highest BCUT2D eigenvalue weighted by molar-refractivity contribution is 5.26. The Morgan fingerprint density at radius 1 is 1.47 bits per heavy atom. The highest BCUT2D eigenvalue weighted by Crippen LogP contribution is 2.33. The molecule has 1 aliphatic heterocycles. The van der Waals surface area contributed by atoms with E-state index in [0.717, 1.165) is 6.54 Å². The quantitative estimate of drug-likeness (QED) is 0.743. The Labute approximate surface area is 88.7 Å². The first-order valence-electron chi connectivity index (χ1n) is 4.92. The number of likely N-dealkylation sites (N-methyl/N-ethyl adjacent to an activating group) is 1. The molecule has 0 amide bonds. The maximum absolute atomic E-state index is 10.4. The third-order valence-electron chi connectivity index (χ3n) is 2.74. The van der Waals surface area contributed by atoms with Crippen molar-refractivity contribution in [2.45, 2.75) is 12.0 Å². The molecule has 1 N–H and O–H groups in total. The molecule has 1 aliphatic rings. The number of aromatic nitrogens is 2. The smallest absolute Gasteiger partial charge is 0.238 e. The van der Waals surface area contributed by atoms with Gasteiger partial charge in [0.1, 0.15) is 11.3 Å². The van der Waals surface area contributed by atoms with Crippen molar-refractivity contribution < 1.29 is 9.84 Å². The summed E-state index contributed by atoms with van der Waals surface area (Å²) >= 11 is 0. The van der Waals surface area contributed by atoms with Crippen LogP contribution < -0.4 is 4.74 Å². The number of aliphatic hydroxyl groups is 1. The van der Waals surface area contributed by atoms with Crippen molar-refractivity contribution in [2.24, 2.45) is 0 Å². The first-order chi connectivity index (χ1) is 7.15. The van der Waals surface area contributed by atoms with Crippen molar-refractivity contribution in [1.29, 1.82) is 0 Å². The van der Waals surface area contributed by atoms with E-state index in [9.17, 15) is 5.11 Å². The van der Waals surface area contributed by atoms with Gasteiger partial charge in [-0.2, -0.15) is 0 Å². The third kappa shape index (κ3) is 1.80. The SMILES string of the molecule is COc1nccnc1C1(O)CCN(C)C1. The molecule has 0 saturated carbocycles. The summed E-state index contributed by atoms with van der Waals surface area (Å²) in [5.41, 5.74) is -0.384. The lowest BCUT2D eigenvalue weighted by atomic mass is 9.99. The predicted molar refractivity (Wildman–Crippen MR) is 54.6 cm³/mol. The van der Waals surface area contributed by atoms with Crippen molar-refractivity contribution >= 4 is 0 Å². The minimum atomic E-state index is -0.922. The molecular weight excluding hydrogens is 194 g/mol. The molecule has 5 heteroatoms. The van der Waals surface area contributed by atoms with Crippen molar-refractivity contribution in [3.8, 4) is 5.88 Å².